The topological polar surface area (TPSA) is 76.4 Å². The van der Waals surface area contributed by atoms with Crippen molar-refractivity contribution in [2.75, 3.05) is 26.3 Å². The molecule has 24 heavy (non-hydrogen) atoms. The molecule has 2 rings (SSSR count). The average molecular weight is 330 g/mol. The van der Waals surface area contributed by atoms with Crippen LogP contribution >= 0.6 is 0 Å². The van der Waals surface area contributed by atoms with Crippen molar-refractivity contribution in [1.82, 2.24) is 25.4 Å². The minimum Gasteiger partial charge on any atom is -0.382 e. The monoisotopic (exact) mass is 330 g/mol. The summed E-state index contributed by atoms with van der Waals surface area (Å²) in [6.45, 7) is 7.90. The van der Waals surface area contributed by atoms with E-state index in [4.69, 9.17) is 4.74 Å². The summed E-state index contributed by atoms with van der Waals surface area (Å²) in [4.78, 5) is 8.57. The van der Waals surface area contributed by atoms with Gasteiger partial charge in [-0.05, 0) is 38.0 Å². The first-order valence-electron chi connectivity index (χ1n) is 8.37. The lowest BCUT2D eigenvalue weighted by Crippen LogP contribution is -2.38. The largest absolute Gasteiger partial charge is 0.382 e. The summed E-state index contributed by atoms with van der Waals surface area (Å²) in [6.07, 6.45) is 4.17. The predicted octanol–water partition coefficient (Wildman–Crippen LogP) is 1.75. The molecule has 130 valence electrons. The highest BCUT2D eigenvalue weighted by molar-refractivity contribution is 5.79. The van der Waals surface area contributed by atoms with Gasteiger partial charge in [-0.1, -0.05) is 12.1 Å². The number of rotatable bonds is 9. The van der Waals surface area contributed by atoms with Gasteiger partial charge in [-0.3, -0.25) is 0 Å². The first-order chi connectivity index (χ1) is 11.8. The van der Waals surface area contributed by atoms with Gasteiger partial charge in [0.15, 0.2) is 5.96 Å². The molecular formula is C17H26N6O. The lowest BCUT2D eigenvalue weighted by molar-refractivity contribution is 0.145. The van der Waals surface area contributed by atoms with Gasteiger partial charge in [-0.15, -0.1) is 0 Å². The molecule has 2 N–H and O–H groups in total. The van der Waals surface area contributed by atoms with Crippen LogP contribution in [0.25, 0.3) is 5.69 Å². The average Bonchev–Trinajstić information content (AvgIpc) is 3.14. The second-order valence-electron chi connectivity index (χ2n) is 5.18. The van der Waals surface area contributed by atoms with Crippen LogP contribution in [-0.4, -0.2) is 47.0 Å². The van der Waals surface area contributed by atoms with Gasteiger partial charge >= 0.3 is 0 Å². The van der Waals surface area contributed by atoms with Crippen LogP contribution in [0.3, 0.4) is 0 Å². The number of aliphatic imine (C=N–C) groups is 1. The summed E-state index contributed by atoms with van der Waals surface area (Å²) in [7, 11) is 0. The van der Waals surface area contributed by atoms with E-state index in [1.54, 1.807) is 11.0 Å². The van der Waals surface area contributed by atoms with Gasteiger partial charge in [0.05, 0.1) is 12.2 Å². The molecule has 0 aliphatic carbocycles. The number of hydrogen-bond donors (Lipinski definition) is 2. The normalized spacial score (nSPS) is 11.5. The zero-order valence-corrected chi connectivity index (χ0v) is 14.4. The van der Waals surface area contributed by atoms with Gasteiger partial charge in [0.1, 0.15) is 12.7 Å². The molecule has 0 aliphatic heterocycles. The molecule has 0 fully saturated rings. The van der Waals surface area contributed by atoms with Crippen LogP contribution in [0.4, 0.5) is 0 Å². The fourth-order valence-corrected chi connectivity index (χ4v) is 2.13. The standard InChI is InChI=1S/C17H26N6O/c1-3-19-17(20-10-5-11-24-4-2)21-12-15-6-8-16(9-7-15)23-14-18-13-22-23/h6-9,13-14H,3-5,10-12H2,1-2H3,(H2,19,20,21). The van der Waals surface area contributed by atoms with Crippen molar-refractivity contribution in [3.63, 3.8) is 0 Å². The van der Waals surface area contributed by atoms with E-state index in [2.05, 4.69) is 44.8 Å². The van der Waals surface area contributed by atoms with Crippen molar-refractivity contribution in [2.24, 2.45) is 4.99 Å². The maximum atomic E-state index is 5.33. The Labute approximate surface area is 143 Å². The maximum Gasteiger partial charge on any atom is 0.191 e. The van der Waals surface area contributed by atoms with Crippen molar-refractivity contribution in [1.29, 1.82) is 0 Å². The van der Waals surface area contributed by atoms with Crippen molar-refractivity contribution >= 4 is 5.96 Å². The highest BCUT2D eigenvalue weighted by Gasteiger charge is 1.99. The van der Waals surface area contributed by atoms with E-state index >= 15 is 0 Å². The Kier molecular flexibility index (Phi) is 7.76. The van der Waals surface area contributed by atoms with Crippen molar-refractivity contribution in [2.45, 2.75) is 26.8 Å². The lowest BCUT2D eigenvalue weighted by atomic mass is 10.2. The number of benzene rings is 1. The molecule has 1 aromatic heterocycles. The number of hydrogen-bond acceptors (Lipinski definition) is 4. The third kappa shape index (κ3) is 6.00. The van der Waals surface area contributed by atoms with Crippen molar-refractivity contribution < 1.29 is 4.74 Å². The molecule has 0 bridgehead atoms. The fraction of sp³-hybridized carbons (Fsp3) is 0.471. The van der Waals surface area contributed by atoms with Gasteiger partial charge in [-0.25, -0.2) is 14.7 Å². The first-order valence-corrected chi connectivity index (χ1v) is 8.37. The second-order valence-corrected chi connectivity index (χ2v) is 5.18. The molecule has 2 aromatic rings. The number of ether oxygens (including phenoxy) is 1. The van der Waals surface area contributed by atoms with Crippen LogP contribution in [0.2, 0.25) is 0 Å². The van der Waals surface area contributed by atoms with Gasteiger partial charge in [0.2, 0.25) is 0 Å². The Hall–Kier alpha value is -2.41. The second kappa shape index (κ2) is 10.4. The smallest absolute Gasteiger partial charge is 0.191 e. The molecule has 0 atom stereocenters. The Morgan fingerprint density at radius 3 is 2.71 bits per heavy atom. The van der Waals surface area contributed by atoms with Gasteiger partial charge in [0, 0.05) is 26.3 Å². The third-order valence-corrected chi connectivity index (χ3v) is 3.35. The fourth-order valence-electron chi connectivity index (χ4n) is 2.13. The van der Waals surface area contributed by atoms with Crippen molar-refractivity contribution in [3.8, 4) is 5.69 Å². The van der Waals surface area contributed by atoms with E-state index in [0.717, 1.165) is 49.9 Å². The molecular weight excluding hydrogens is 304 g/mol. The SMILES string of the molecule is CCNC(=NCc1ccc(-n2cncn2)cc1)NCCCOCC. The zero-order valence-electron chi connectivity index (χ0n) is 14.4. The van der Waals surface area contributed by atoms with Gasteiger partial charge < -0.3 is 15.4 Å². The molecule has 7 heteroatoms. The quantitative estimate of drug-likeness (QED) is 0.416. The molecule has 1 heterocycles. The molecule has 0 saturated heterocycles. The minimum atomic E-state index is 0.623. The van der Waals surface area contributed by atoms with E-state index in [1.165, 1.54) is 6.33 Å². The Morgan fingerprint density at radius 1 is 1.21 bits per heavy atom. The number of nitrogens with one attached hydrogen (secondary N) is 2. The summed E-state index contributed by atoms with van der Waals surface area (Å²) >= 11 is 0. The first kappa shape index (κ1) is 17.9. The highest BCUT2D eigenvalue weighted by Crippen LogP contribution is 2.08. The van der Waals surface area contributed by atoms with Crippen LogP contribution in [-0.2, 0) is 11.3 Å². The molecule has 0 aliphatic rings. The zero-order chi connectivity index (χ0) is 17.0. The molecule has 0 unspecified atom stereocenters. The molecule has 0 amide bonds. The van der Waals surface area contributed by atoms with Crippen molar-refractivity contribution in [3.05, 3.63) is 42.5 Å². The number of nitrogens with zero attached hydrogens (tertiary/aromatic N) is 4. The van der Waals surface area contributed by atoms with E-state index in [9.17, 15) is 0 Å². The predicted molar refractivity (Wildman–Crippen MR) is 95.3 cm³/mol. The van der Waals surface area contributed by atoms with Crippen LogP contribution in [0, 0.1) is 0 Å². The summed E-state index contributed by atoms with van der Waals surface area (Å²) in [6, 6.07) is 8.14. The highest BCUT2D eigenvalue weighted by atomic mass is 16.5. The van der Waals surface area contributed by atoms with E-state index < -0.39 is 0 Å². The van der Waals surface area contributed by atoms with Crippen LogP contribution in [0.5, 0.6) is 0 Å². The summed E-state index contributed by atoms with van der Waals surface area (Å²) in [5, 5.41) is 10.7. The lowest BCUT2D eigenvalue weighted by Gasteiger charge is -2.11. The third-order valence-electron chi connectivity index (χ3n) is 3.35. The molecule has 0 saturated carbocycles. The van der Waals surface area contributed by atoms with E-state index in [-0.39, 0.29) is 0 Å². The Morgan fingerprint density at radius 2 is 2.04 bits per heavy atom. The Bertz CT molecular complexity index is 594. The minimum absolute atomic E-state index is 0.623. The summed E-state index contributed by atoms with van der Waals surface area (Å²) in [5.74, 6) is 0.828. The summed E-state index contributed by atoms with van der Waals surface area (Å²) in [5.41, 5.74) is 2.13. The summed E-state index contributed by atoms with van der Waals surface area (Å²) < 4.78 is 7.07. The molecule has 1 aromatic carbocycles. The van der Waals surface area contributed by atoms with Gasteiger partial charge in [-0.2, -0.15) is 5.10 Å². The molecule has 7 nitrogen and oxygen atoms in total. The van der Waals surface area contributed by atoms with E-state index in [1.807, 2.05) is 19.1 Å². The van der Waals surface area contributed by atoms with Crippen LogP contribution < -0.4 is 10.6 Å². The number of aromatic nitrogens is 3. The number of guanidine groups is 1. The molecule has 0 radical (unpaired) electrons. The van der Waals surface area contributed by atoms with E-state index in [0.29, 0.717) is 6.54 Å². The molecule has 0 spiro atoms. The maximum absolute atomic E-state index is 5.33. The van der Waals surface area contributed by atoms with Gasteiger partial charge in [0.25, 0.3) is 0 Å². The Balaban J connectivity index is 1.85. The van der Waals surface area contributed by atoms with Crippen LogP contribution in [0.1, 0.15) is 25.8 Å². The van der Waals surface area contributed by atoms with Crippen LogP contribution in [0.15, 0.2) is 41.9 Å².